The SMILES string of the molecule is [NH3+]C1CCC(NC2C[C@@H]2c2ccc(-c3ccn[nH]3)cc2)CC1. The molecule has 2 aliphatic carbocycles. The van der Waals surface area contributed by atoms with Crippen LogP contribution in [0.25, 0.3) is 11.3 Å². The summed E-state index contributed by atoms with van der Waals surface area (Å²) in [6, 6.07) is 13.0. The molecule has 1 aromatic heterocycles. The van der Waals surface area contributed by atoms with Crippen molar-refractivity contribution in [1.82, 2.24) is 15.5 Å². The van der Waals surface area contributed by atoms with Gasteiger partial charge < -0.3 is 11.1 Å². The van der Waals surface area contributed by atoms with Crippen LogP contribution in [0.5, 0.6) is 0 Å². The van der Waals surface area contributed by atoms with E-state index in [0.29, 0.717) is 18.0 Å². The molecule has 1 unspecified atom stereocenters. The van der Waals surface area contributed by atoms with Gasteiger partial charge in [-0.3, -0.25) is 5.10 Å². The van der Waals surface area contributed by atoms with Crippen LogP contribution in [0.1, 0.15) is 43.6 Å². The van der Waals surface area contributed by atoms with Gasteiger partial charge in [0.15, 0.2) is 0 Å². The Hall–Kier alpha value is -1.65. The van der Waals surface area contributed by atoms with E-state index in [2.05, 4.69) is 45.5 Å². The third kappa shape index (κ3) is 2.94. The van der Waals surface area contributed by atoms with Crippen molar-refractivity contribution in [2.45, 2.75) is 56.1 Å². The Bertz CT molecular complexity index is 597. The predicted molar refractivity (Wildman–Crippen MR) is 87.2 cm³/mol. The second-order valence-corrected chi connectivity index (χ2v) is 6.93. The van der Waals surface area contributed by atoms with Crippen LogP contribution in [0.15, 0.2) is 36.5 Å². The molecule has 2 aliphatic rings. The number of nitrogens with one attached hydrogen (secondary N) is 2. The van der Waals surface area contributed by atoms with E-state index in [0.717, 1.165) is 11.7 Å². The molecule has 5 N–H and O–H groups in total. The van der Waals surface area contributed by atoms with Crippen molar-refractivity contribution in [3.63, 3.8) is 0 Å². The normalized spacial score (nSPS) is 31.1. The zero-order valence-electron chi connectivity index (χ0n) is 13.0. The van der Waals surface area contributed by atoms with Gasteiger partial charge in [0.25, 0.3) is 0 Å². The summed E-state index contributed by atoms with van der Waals surface area (Å²) >= 11 is 0. The summed E-state index contributed by atoms with van der Waals surface area (Å²) in [5.74, 6) is 0.702. The largest absolute Gasteiger partial charge is 0.355 e. The Morgan fingerprint density at radius 1 is 1.05 bits per heavy atom. The lowest BCUT2D eigenvalue weighted by molar-refractivity contribution is -0.425. The lowest BCUT2D eigenvalue weighted by atomic mass is 9.92. The highest BCUT2D eigenvalue weighted by atomic mass is 15.1. The Labute approximate surface area is 131 Å². The van der Waals surface area contributed by atoms with Crippen LogP contribution in [0.4, 0.5) is 0 Å². The smallest absolute Gasteiger partial charge is 0.0844 e. The number of nitrogens with zero attached hydrogens (tertiary/aromatic N) is 1. The predicted octanol–water partition coefficient (Wildman–Crippen LogP) is 2.08. The van der Waals surface area contributed by atoms with E-state index in [1.165, 1.54) is 43.2 Å². The number of hydrogen-bond donors (Lipinski definition) is 3. The van der Waals surface area contributed by atoms with Gasteiger partial charge in [0.1, 0.15) is 0 Å². The average molecular weight is 297 g/mol. The Morgan fingerprint density at radius 3 is 2.50 bits per heavy atom. The monoisotopic (exact) mass is 297 g/mol. The summed E-state index contributed by atoms with van der Waals surface area (Å²) < 4.78 is 0. The van der Waals surface area contributed by atoms with Crippen molar-refractivity contribution in [3.05, 3.63) is 42.1 Å². The molecule has 2 saturated carbocycles. The number of quaternary nitrogens is 1. The average Bonchev–Trinajstić information content (AvgIpc) is 3.09. The minimum absolute atomic E-state index is 0.683. The molecule has 0 bridgehead atoms. The van der Waals surface area contributed by atoms with Crippen LogP contribution in [0.2, 0.25) is 0 Å². The lowest BCUT2D eigenvalue weighted by Gasteiger charge is -2.25. The fourth-order valence-electron chi connectivity index (χ4n) is 3.71. The fourth-order valence-corrected chi connectivity index (χ4v) is 3.71. The number of aromatic nitrogens is 2. The third-order valence-electron chi connectivity index (χ3n) is 5.24. The highest BCUT2D eigenvalue weighted by Crippen LogP contribution is 2.42. The zero-order valence-corrected chi connectivity index (χ0v) is 13.0. The quantitative estimate of drug-likeness (QED) is 0.808. The summed E-state index contributed by atoms with van der Waals surface area (Å²) in [7, 11) is 0. The van der Waals surface area contributed by atoms with Gasteiger partial charge in [0.05, 0.1) is 11.7 Å². The maximum absolute atomic E-state index is 4.18. The summed E-state index contributed by atoms with van der Waals surface area (Å²) in [6.45, 7) is 0. The molecule has 0 amide bonds. The second-order valence-electron chi connectivity index (χ2n) is 6.93. The van der Waals surface area contributed by atoms with E-state index < -0.39 is 0 Å². The molecule has 4 nitrogen and oxygen atoms in total. The van der Waals surface area contributed by atoms with Crippen molar-refractivity contribution in [1.29, 1.82) is 0 Å². The van der Waals surface area contributed by atoms with Gasteiger partial charge in [-0.1, -0.05) is 24.3 Å². The number of aromatic amines is 1. The lowest BCUT2D eigenvalue weighted by Crippen LogP contribution is -2.62. The van der Waals surface area contributed by atoms with Gasteiger partial charge in [-0.15, -0.1) is 0 Å². The van der Waals surface area contributed by atoms with Crippen LogP contribution >= 0.6 is 0 Å². The molecule has 0 aliphatic heterocycles. The van der Waals surface area contributed by atoms with E-state index >= 15 is 0 Å². The zero-order chi connectivity index (χ0) is 14.9. The summed E-state index contributed by atoms with van der Waals surface area (Å²) in [5, 5.41) is 10.9. The van der Waals surface area contributed by atoms with E-state index in [9.17, 15) is 0 Å². The molecule has 1 aromatic carbocycles. The van der Waals surface area contributed by atoms with Gasteiger partial charge >= 0.3 is 0 Å². The van der Waals surface area contributed by atoms with Gasteiger partial charge in [-0.05, 0) is 36.5 Å². The van der Waals surface area contributed by atoms with Crippen molar-refractivity contribution < 1.29 is 5.73 Å². The number of rotatable bonds is 4. The first-order valence-corrected chi connectivity index (χ1v) is 8.48. The van der Waals surface area contributed by atoms with Crippen molar-refractivity contribution in [2.75, 3.05) is 0 Å². The van der Waals surface area contributed by atoms with Crippen molar-refractivity contribution >= 4 is 0 Å². The highest BCUT2D eigenvalue weighted by molar-refractivity contribution is 5.59. The summed E-state index contributed by atoms with van der Waals surface area (Å²) in [4.78, 5) is 0. The molecule has 116 valence electrons. The van der Waals surface area contributed by atoms with Crippen molar-refractivity contribution in [3.8, 4) is 11.3 Å². The Kier molecular flexibility index (Phi) is 3.72. The van der Waals surface area contributed by atoms with Crippen LogP contribution in [-0.2, 0) is 0 Å². The molecular formula is C18H25N4+. The highest BCUT2D eigenvalue weighted by Gasteiger charge is 2.39. The summed E-state index contributed by atoms with van der Waals surface area (Å²) in [6.07, 6.45) is 8.26. The topological polar surface area (TPSA) is 68.3 Å². The van der Waals surface area contributed by atoms with Crippen LogP contribution in [0.3, 0.4) is 0 Å². The molecule has 2 aromatic rings. The van der Waals surface area contributed by atoms with E-state index in [-0.39, 0.29) is 0 Å². The Balaban J connectivity index is 1.34. The molecule has 0 radical (unpaired) electrons. The Morgan fingerprint density at radius 2 is 1.82 bits per heavy atom. The number of H-pyrrole nitrogens is 1. The van der Waals surface area contributed by atoms with E-state index in [4.69, 9.17) is 0 Å². The molecule has 4 heteroatoms. The van der Waals surface area contributed by atoms with E-state index in [1.807, 2.05) is 6.07 Å². The molecule has 2 fully saturated rings. The van der Waals surface area contributed by atoms with Gasteiger partial charge in [0.2, 0.25) is 0 Å². The molecule has 0 saturated heterocycles. The third-order valence-corrected chi connectivity index (χ3v) is 5.24. The summed E-state index contributed by atoms with van der Waals surface area (Å²) in [5.41, 5.74) is 7.94. The molecule has 2 atom stereocenters. The first-order valence-electron chi connectivity index (χ1n) is 8.48. The minimum Gasteiger partial charge on any atom is -0.355 e. The molecule has 0 spiro atoms. The molecule has 1 heterocycles. The minimum atomic E-state index is 0.683. The van der Waals surface area contributed by atoms with Crippen molar-refractivity contribution in [2.24, 2.45) is 0 Å². The second kappa shape index (κ2) is 5.86. The first-order chi connectivity index (χ1) is 10.8. The number of hydrogen-bond acceptors (Lipinski definition) is 2. The van der Waals surface area contributed by atoms with E-state index in [1.54, 1.807) is 6.20 Å². The fraction of sp³-hybridized carbons (Fsp3) is 0.500. The standard InChI is InChI=1S/C18H24N4/c19-14-5-7-15(8-6-14)21-18-11-16(18)12-1-3-13(4-2-12)17-9-10-20-22-17/h1-4,9-10,14-16,18,21H,5-8,11,19H2,(H,20,22)/p+1/t14?,15?,16-,18?/m1/s1. The maximum Gasteiger partial charge on any atom is 0.0844 e. The van der Waals surface area contributed by atoms with Crippen LogP contribution in [0, 0.1) is 0 Å². The first kappa shape index (κ1) is 14.0. The molecular weight excluding hydrogens is 272 g/mol. The molecule has 4 rings (SSSR count). The number of benzene rings is 1. The maximum atomic E-state index is 4.18. The van der Waals surface area contributed by atoms with Gasteiger partial charge in [0, 0.05) is 37.0 Å². The van der Waals surface area contributed by atoms with Gasteiger partial charge in [-0.2, -0.15) is 5.10 Å². The molecule has 22 heavy (non-hydrogen) atoms. The van der Waals surface area contributed by atoms with Gasteiger partial charge in [-0.25, -0.2) is 0 Å². The van der Waals surface area contributed by atoms with Crippen LogP contribution < -0.4 is 11.1 Å². The van der Waals surface area contributed by atoms with Crippen LogP contribution in [-0.4, -0.2) is 28.3 Å².